The van der Waals surface area contributed by atoms with Crippen molar-refractivity contribution in [3.8, 4) is 11.8 Å². The smallest absolute Gasteiger partial charge is 0.223 e. The normalized spacial score (nSPS) is 17.0. The minimum atomic E-state index is 0.0185. The topological polar surface area (TPSA) is 66.9 Å². The first-order valence-electron chi connectivity index (χ1n) is 9.18. The van der Waals surface area contributed by atoms with Gasteiger partial charge in [-0.15, -0.1) is 0 Å². The van der Waals surface area contributed by atoms with Crippen molar-refractivity contribution in [2.45, 2.75) is 44.7 Å². The number of nitrogens with zero attached hydrogens (tertiary/aromatic N) is 2. The third-order valence-electron chi connectivity index (χ3n) is 4.63. The van der Waals surface area contributed by atoms with Gasteiger partial charge in [0.25, 0.3) is 0 Å². The molecule has 0 saturated heterocycles. The maximum absolute atomic E-state index is 11.9. The Hall–Kier alpha value is -2.87. The molecular formula is C21H22N4O. The molecule has 1 amide bonds. The van der Waals surface area contributed by atoms with Crippen LogP contribution >= 0.6 is 0 Å². The highest BCUT2D eigenvalue weighted by atomic mass is 16.2. The standard InChI is InChI=1S/C21H22N4O/c1-14(24-20(26)18-8-9-18)17-6-4-15(5-7-17)2-3-16-12-22-21(23-13-16)25-19-10-11-19/h4-7,12-14,18-19H,8-11H2,1H3,(H,24,26)(H,22,23,25)/t14-/m0/s1. The van der Waals surface area contributed by atoms with Crippen LogP contribution in [-0.4, -0.2) is 21.9 Å². The van der Waals surface area contributed by atoms with E-state index in [-0.39, 0.29) is 17.9 Å². The molecule has 0 unspecified atom stereocenters. The summed E-state index contributed by atoms with van der Waals surface area (Å²) >= 11 is 0. The average molecular weight is 346 g/mol. The van der Waals surface area contributed by atoms with Crippen LogP contribution in [0.2, 0.25) is 0 Å². The first-order chi connectivity index (χ1) is 12.7. The third-order valence-corrected chi connectivity index (χ3v) is 4.63. The molecule has 0 aliphatic heterocycles. The second-order valence-corrected chi connectivity index (χ2v) is 7.09. The summed E-state index contributed by atoms with van der Waals surface area (Å²) in [5.41, 5.74) is 2.80. The monoisotopic (exact) mass is 346 g/mol. The summed E-state index contributed by atoms with van der Waals surface area (Å²) in [6, 6.07) is 8.55. The van der Waals surface area contributed by atoms with Crippen LogP contribution in [0.5, 0.6) is 0 Å². The molecule has 2 aliphatic carbocycles. The SMILES string of the molecule is C[C@H](NC(=O)C1CC1)c1ccc(C#Cc2cnc(NC3CC3)nc2)cc1. The summed E-state index contributed by atoms with van der Waals surface area (Å²) in [6.45, 7) is 2.01. The van der Waals surface area contributed by atoms with Gasteiger partial charge in [0.05, 0.1) is 11.6 Å². The Labute approximate surface area is 153 Å². The maximum Gasteiger partial charge on any atom is 0.223 e. The minimum absolute atomic E-state index is 0.0185. The van der Waals surface area contributed by atoms with E-state index in [4.69, 9.17) is 0 Å². The van der Waals surface area contributed by atoms with Gasteiger partial charge in [0.2, 0.25) is 11.9 Å². The van der Waals surface area contributed by atoms with Gasteiger partial charge in [-0.1, -0.05) is 24.0 Å². The zero-order valence-corrected chi connectivity index (χ0v) is 14.8. The van der Waals surface area contributed by atoms with Crippen molar-refractivity contribution >= 4 is 11.9 Å². The zero-order chi connectivity index (χ0) is 17.9. The lowest BCUT2D eigenvalue weighted by molar-refractivity contribution is -0.122. The largest absolute Gasteiger partial charge is 0.351 e. The van der Waals surface area contributed by atoms with Crippen LogP contribution < -0.4 is 10.6 Å². The number of rotatable bonds is 5. The molecule has 2 N–H and O–H groups in total. The molecule has 132 valence electrons. The van der Waals surface area contributed by atoms with Crippen molar-refractivity contribution in [3.63, 3.8) is 0 Å². The Bertz CT molecular complexity index is 840. The molecule has 0 radical (unpaired) electrons. The number of hydrogen-bond donors (Lipinski definition) is 2. The van der Waals surface area contributed by atoms with E-state index in [2.05, 4.69) is 32.4 Å². The van der Waals surface area contributed by atoms with E-state index in [0.717, 1.165) is 29.5 Å². The fraction of sp³-hybridized carbons (Fsp3) is 0.381. The molecule has 2 aliphatic rings. The summed E-state index contributed by atoms with van der Waals surface area (Å²) in [5, 5.41) is 6.32. The van der Waals surface area contributed by atoms with Crippen LogP contribution in [-0.2, 0) is 4.79 Å². The number of hydrogen-bond acceptors (Lipinski definition) is 4. The van der Waals surface area contributed by atoms with Crippen LogP contribution in [0, 0.1) is 17.8 Å². The Morgan fingerprint density at radius 1 is 1.04 bits per heavy atom. The molecule has 2 fully saturated rings. The zero-order valence-electron chi connectivity index (χ0n) is 14.8. The van der Waals surface area contributed by atoms with Crippen LogP contribution in [0.3, 0.4) is 0 Å². The van der Waals surface area contributed by atoms with Crippen molar-refractivity contribution in [1.29, 1.82) is 0 Å². The molecule has 4 rings (SSSR count). The first kappa shape index (κ1) is 16.6. The molecule has 0 spiro atoms. The molecule has 26 heavy (non-hydrogen) atoms. The summed E-state index contributed by atoms with van der Waals surface area (Å²) < 4.78 is 0. The summed E-state index contributed by atoms with van der Waals surface area (Å²) in [4.78, 5) is 20.4. The van der Waals surface area contributed by atoms with E-state index in [9.17, 15) is 4.79 Å². The fourth-order valence-corrected chi connectivity index (χ4v) is 2.64. The lowest BCUT2D eigenvalue weighted by Gasteiger charge is -2.14. The van der Waals surface area contributed by atoms with Gasteiger partial charge in [-0.3, -0.25) is 4.79 Å². The van der Waals surface area contributed by atoms with Gasteiger partial charge >= 0.3 is 0 Å². The minimum Gasteiger partial charge on any atom is -0.351 e. The Morgan fingerprint density at radius 3 is 2.31 bits per heavy atom. The molecule has 2 aromatic rings. The van der Waals surface area contributed by atoms with Gasteiger partial charge in [-0.25, -0.2) is 9.97 Å². The summed E-state index contributed by atoms with van der Waals surface area (Å²) in [7, 11) is 0. The number of benzene rings is 1. The Balaban J connectivity index is 1.36. The van der Waals surface area contributed by atoms with E-state index in [0.29, 0.717) is 12.0 Å². The molecule has 1 heterocycles. The van der Waals surface area contributed by atoms with Crippen molar-refractivity contribution in [2.24, 2.45) is 5.92 Å². The summed E-state index contributed by atoms with van der Waals surface area (Å²) in [6.07, 6.45) is 7.93. The van der Waals surface area contributed by atoms with Gasteiger partial charge in [0.15, 0.2) is 0 Å². The predicted molar refractivity (Wildman–Crippen MR) is 100 cm³/mol. The first-order valence-corrected chi connectivity index (χ1v) is 9.18. The average Bonchev–Trinajstić information content (AvgIpc) is 3.55. The summed E-state index contributed by atoms with van der Waals surface area (Å²) in [5.74, 6) is 7.29. The van der Waals surface area contributed by atoms with Crippen LogP contribution in [0.1, 0.15) is 55.3 Å². The van der Waals surface area contributed by atoms with Gasteiger partial charge in [-0.05, 0) is 50.3 Å². The second kappa shape index (κ2) is 7.17. The quantitative estimate of drug-likeness (QED) is 0.817. The molecule has 2 saturated carbocycles. The second-order valence-electron chi connectivity index (χ2n) is 7.09. The molecule has 5 nitrogen and oxygen atoms in total. The van der Waals surface area contributed by atoms with Gasteiger partial charge in [-0.2, -0.15) is 0 Å². The van der Waals surface area contributed by atoms with Crippen LogP contribution in [0.15, 0.2) is 36.7 Å². The number of amides is 1. The molecule has 0 bridgehead atoms. The van der Waals surface area contributed by atoms with Crippen molar-refractivity contribution in [2.75, 3.05) is 5.32 Å². The Morgan fingerprint density at radius 2 is 1.69 bits per heavy atom. The predicted octanol–water partition coefficient (Wildman–Crippen LogP) is 3.04. The lowest BCUT2D eigenvalue weighted by atomic mass is 10.1. The molecule has 1 aromatic carbocycles. The van der Waals surface area contributed by atoms with E-state index < -0.39 is 0 Å². The van der Waals surface area contributed by atoms with Crippen LogP contribution in [0.4, 0.5) is 5.95 Å². The van der Waals surface area contributed by atoms with Gasteiger partial charge in [0, 0.05) is 29.9 Å². The van der Waals surface area contributed by atoms with Crippen LogP contribution in [0.25, 0.3) is 0 Å². The molecule has 1 atom stereocenters. The molecule has 1 aromatic heterocycles. The number of aromatic nitrogens is 2. The van der Waals surface area contributed by atoms with Gasteiger partial charge < -0.3 is 10.6 Å². The molecule has 5 heteroatoms. The fourth-order valence-electron chi connectivity index (χ4n) is 2.64. The van der Waals surface area contributed by atoms with Crippen molar-refractivity contribution in [1.82, 2.24) is 15.3 Å². The number of carbonyl (C=O) groups excluding carboxylic acids is 1. The van der Waals surface area contributed by atoms with E-state index >= 15 is 0 Å². The third kappa shape index (κ3) is 4.40. The molecular weight excluding hydrogens is 324 g/mol. The number of carbonyl (C=O) groups is 1. The van der Waals surface area contributed by atoms with Gasteiger partial charge in [0.1, 0.15) is 0 Å². The number of nitrogens with one attached hydrogen (secondary N) is 2. The van der Waals surface area contributed by atoms with Crippen molar-refractivity contribution < 1.29 is 4.79 Å². The Kier molecular flexibility index (Phi) is 4.57. The lowest BCUT2D eigenvalue weighted by Crippen LogP contribution is -2.27. The highest BCUT2D eigenvalue weighted by molar-refractivity contribution is 5.81. The van der Waals surface area contributed by atoms with E-state index in [1.807, 2.05) is 31.2 Å². The van der Waals surface area contributed by atoms with E-state index in [1.54, 1.807) is 12.4 Å². The van der Waals surface area contributed by atoms with Crippen molar-refractivity contribution in [3.05, 3.63) is 53.3 Å². The maximum atomic E-state index is 11.9. The highest BCUT2D eigenvalue weighted by Crippen LogP contribution is 2.29. The highest BCUT2D eigenvalue weighted by Gasteiger charge is 2.30. The van der Waals surface area contributed by atoms with E-state index in [1.165, 1.54) is 12.8 Å². The number of anilines is 1.